The van der Waals surface area contributed by atoms with E-state index in [1.165, 1.54) is 0 Å². The largest absolute Gasteiger partial charge is 0.393 e. The molecule has 0 aromatic carbocycles. The van der Waals surface area contributed by atoms with Gasteiger partial charge >= 0.3 is 0 Å². The molecule has 78 valence electrons. The van der Waals surface area contributed by atoms with Crippen LogP contribution in [-0.4, -0.2) is 21.9 Å². The van der Waals surface area contributed by atoms with E-state index >= 15 is 0 Å². The molecule has 0 aromatic rings. The summed E-state index contributed by atoms with van der Waals surface area (Å²) >= 11 is 0. The van der Waals surface area contributed by atoms with Gasteiger partial charge in [0.05, 0.1) is 11.7 Å². The number of rotatable bonds is 4. The molecule has 2 unspecified atom stereocenters. The highest BCUT2D eigenvalue weighted by Gasteiger charge is 2.33. The smallest absolute Gasteiger partial charge is 0.0651 e. The molecule has 0 amide bonds. The molecule has 0 heterocycles. The molecule has 2 atom stereocenters. The van der Waals surface area contributed by atoms with E-state index in [-0.39, 0.29) is 12.0 Å². The second kappa shape index (κ2) is 4.43. The number of hydrogen-bond donors (Lipinski definition) is 2. The molecule has 0 aliphatic heterocycles. The molecule has 0 aromatic heterocycles. The van der Waals surface area contributed by atoms with Gasteiger partial charge < -0.3 is 10.2 Å². The maximum atomic E-state index is 10.1. The molecule has 1 aliphatic rings. The zero-order valence-electron chi connectivity index (χ0n) is 8.79. The van der Waals surface area contributed by atoms with Gasteiger partial charge in [0.2, 0.25) is 0 Å². The lowest BCUT2D eigenvalue weighted by molar-refractivity contribution is -0.00362. The first-order chi connectivity index (χ1) is 6.07. The van der Waals surface area contributed by atoms with Gasteiger partial charge in [0.25, 0.3) is 0 Å². The van der Waals surface area contributed by atoms with E-state index in [0.29, 0.717) is 0 Å². The number of hydrogen-bond acceptors (Lipinski definition) is 2. The maximum absolute atomic E-state index is 10.1. The average molecular weight is 186 g/mol. The van der Waals surface area contributed by atoms with Crippen LogP contribution in [0.25, 0.3) is 0 Å². The Kier molecular flexibility index (Phi) is 3.74. The minimum atomic E-state index is -0.463. The van der Waals surface area contributed by atoms with E-state index in [1.54, 1.807) is 0 Å². The van der Waals surface area contributed by atoms with E-state index in [2.05, 4.69) is 0 Å². The molecule has 13 heavy (non-hydrogen) atoms. The minimum Gasteiger partial charge on any atom is -0.393 e. The van der Waals surface area contributed by atoms with E-state index < -0.39 is 5.60 Å². The Bertz CT molecular complexity index is 150. The summed E-state index contributed by atoms with van der Waals surface area (Å²) in [6, 6.07) is 0. The molecule has 1 rings (SSSR count). The standard InChI is InChI=1S/C11H22O2/c1-3-10(12)9(2)8-11(13)6-4-5-7-11/h9-10,12-13H,3-8H2,1-2H3. The Morgan fingerprint density at radius 3 is 2.31 bits per heavy atom. The van der Waals surface area contributed by atoms with Crippen molar-refractivity contribution >= 4 is 0 Å². The van der Waals surface area contributed by atoms with Crippen molar-refractivity contribution in [3.05, 3.63) is 0 Å². The topological polar surface area (TPSA) is 40.5 Å². The third-order valence-electron chi connectivity index (χ3n) is 3.31. The molecule has 0 radical (unpaired) electrons. The predicted octanol–water partition coefficient (Wildman–Crippen LogP) is 2.09. The summed E-state index contributed by atoms with van der Waals surface area (Å²) in [6.45, 7) is 4.02. The summed E-state index contributed by atoms with van der Waals surface area (Å²) in [5, 5.41) is 19.7. The van der Waals surface area contributed by atoms with E-state index in [0.717, 1.165) is 38.5 Å². The van der Waals surface area contributed by atoms with Gasteiger partial charge in [-0.15, -0.1) is 0 Å². The quantitative estimate of drug-likeness (QED) is 0.705. The second-order valence-electron chi connectivity index (χ2n) is 4.59. The Morgan fingerprint density at radius 2 is 1.85 bits per heavy atom. The van der Waals surface area contributed by atoms with Gasteiger partial charge in [0.15, 0.2) is 0 Å². The van der Waals surface area contributed by atoms with Crippen molar-refractivity contribution < 1.29 is 10.2 Å². The monoisotopic (exact) mass is 186 g/mol. The zero-order valence-corrected chi connectivity index (χ0v) is 8.79. The highest BCUT2D eigenvalue weighted by molar-refractivity contribution is 4.86. The van der Waals surface area contributed by atoms with Crippen LogP contribution in [0.4, 0.5) is 0 Å². The summed E-state index contributed by atoms with van der Waals surface area (Å²) in [4.78, 5) is 0. The van der Waals surface area contributed by atoms with Crippen molar-refractivity contribution in [1.29, 1.82) is 0 Å². The Morgan fingerprint density at radius 1 is 1.31 bits per heavy atom. The van der Waals surface area contributed by atoms with Crippen LogP contribution < -0.4 is 0 Å². The van der Waals surface area contributed by atoms with Gasteiger partial charge in [-0.05, 0) is 31.6 Å². The summed E-state index contributed by atoms with van der Waals surface area (Å²) in [5.41, 5.74) is -0.463. The van der Waals surface area contributed by atoms with Crippen LogP contribution in [0.2, 0.25) is 0 Å². The zero-order chi connectivity index (χ0) is 9.90. The van der Waals surface area contributed by atoms with Crippen LogP contribution in [0.1, 0.15) is 52.4 Å². The molecule has 1 aliphatic carbocycles. The first kappa shape index (κ1) is 11.0. The summed E-state index contributed by atoms with van der Waals surface area (Å²) in [7, 11) is 0. The van der Waals surface area contributed by atoms with Gasteiger partial charge in [-0.25, -0.2) is 0 Å². The lowest BCUT2D eigenvalue weighted by atomic mass is 9.86. The van der Waals surface area contributed by atoms with Crippen LogP contribution in [0.5, 0.6) is 0 Å². The fourth-order valence-electron chi connectivity index (χ4n) is 2.37. The van der Waals surface area contributed by atoms with Gasteiger partial charge in [-0.3, -0.25) is 0 Å². The molecular formula is C11H22O2. The van der Waals surface area contributed by atoms with Crippen LogP contribution in [-0.2, 0) is 0 Å². The van der Waals surface area contributed by atoms with Crippen LogP contribution in [0.3, 0.4) is 0 Å². The SMILES string of the molecule is CCC(O)C(C)CC1(O)CCCC1. The minimum absolute atomic E-state index is 0.230. The molecule has 0 bridgehead atoms. The van der Waals surface area contributed by atoms with Gasteiger partial charge in [0.1, 0.15) is 0 Å². The fourth-order valence-corrected chi connectivity index (χ4v) is 2.37. The first-order valence-corrected chi connectivity index (χ1v) is 5.48. The molecule has 2 heteroatoms. The normalized spacial score (nSPS) is 25.8. The van der Waals surface area contributed by atoms with E-state index in [4.69, 9.17) is 0 Å². The predicted molar refractivity (Wildman–Crippen MR) is 53.5 cm³/mol. The summed E-state index contributed by atoms with van der Waals surface area (Å²) in [5.74, 6) is 0.230. The first-order valence-electron chi connectivity index (χ1n) is 5.48. The lowest BCUT2D eigenvalue weighted by Gasteiger charge is -2.28. The van der Waals surface area contributed by atoms with Crippen molar-refractivity contribution in [2.75, 3.05) is 0 Å². The van der Waals surface area contributed by atoms with Crippen molar-refractivity contribution in [3.8, 4) is 0 Å². The summed E-state index contributed by atoms with van der Waals surface area (Å²) < 4.78 is 0. The molecule has 1 fully saturated rings. The second-order valence-corrected chi connectivity index (χ2v) is 4.59. The molecule has 2 N–H and O–H groups in total. The highest BCUT2D eigenvalue weighted by Crippen LogP contribution is 2.35. The Balaban J connectivity index is 2.38. The molecule has 0 saturated heterocycles. The number of aliphatic hydroxyl groups excluding tert-OH is 1. The van der Waals surface area contributed by atoms with E-state index in [1.807, 2.05) is 13.8 Å². The Hall–Kier alpha value is -0.0800. The summed E-state index contributed by atoms with van der Waals surface area (Å²) in [6.07, 6.45) is 5.45. The van der Waals surface area contributed by atoms with Crippen LogP contribution >= 0.6 is 0 Å². The van der Waals surface area contributed by atoms with Crippen LogP contribution in [0.15, 0.2) is 0 Å². The third-order valence-corrected chi connectivity index (χ3v) is 3.31. The van der Waals surface area contributed by atoms with Crippen molar-refractivity contribution in [2.45, 2.75) is 64.1 Å². The lowest BCUT2D eigenvalue weighted by Crippen LogP contribution is -2.31. The highest BCUT2D eigenvalue weighted by atomic mass is 16.3. The van der Waals surface area contributed by atoms with E-state index in [9.17, 15) is 10.2 Å². The maximum Gasteiger partial charge on any atom is 0.0651 e. The third kappa shape index (κ3) is 2.96. The van der Waals surface area contributed by atoms with Gasteiger partial charge in [0, 0.05) is 0 Å². The average Bonchev–Trinajstić information content (AvgIpc) is 2.50. The Labute approximate surface area is 81.0 Å². The fraction of sp³-hybridized carbons (Fsp3) is 1.00. The van der Waals surface area contributed by atoms with Gasteiger partial charge in [-0.2, -0.15) is 0 Å². The van der Waals surface area contributed by atoms with Gasteiger partial charge in [-0.1, -0.05) is 26.7 Å². The van der Waals surface area contributed by atoms with Crippen molar-refractivity contribution in [1.82, 2.24) is 0 Å². The molecule has 2 nitrogen and oxygen atoms in total. The molecule has 0 spiro atoms. The van der Waals surface area contributed by atoms with Crippen LogP contribution in [0, 0.1) is 5.92 Å². The van der Waals surface area contributed by atoms with Crippen molar-refractivity contribution in [2.24, 2.45) is 5.92 Å². The number of aliphatic hydroxyl groups is 2. The van der Waals surface area contributed by atoms with Crippen molar-refractivity contribution in [3.63, 3.8) is 0 Å². The molecule has 1 saturated carbocycles. The molecular weight excluding hydrogens is 164 g/mol.